The van der Waals surface area contributed by atoms with Crippen LogP contribution in [-0.2, 0) is 0 Å². The first-order chi connectivity index (χ1) is 5.17. The molecule has 0 atom stereocenters. The van der Waals surface area contributed by atoms with Gasteiger partial charge in [0.05, 0.1) is 0 Å². The van der Waals surface area contributed by atoms with Crippen molar-refractivity contribution in [2.24, 2.45) is 11.3 Å². The summed E-state index contributed by atoms with van der Waals surface area (Å²) in [7, 11) is 0. The summed E-state index contributed by atoms with van der Waals surface area (Å²) in [4.78, 5) is 0. The van der Waals surface area contributed by atoms with E-state index in [0.717, 1.165) is 5.92 Å². The molecule has 0 aliphatic carbocycles. The van der Waals surface area contributed by atoms with Crippen LogP contribution >= 0.6 is 0 Å². The SMILES string of the molecule is CCCCC(C)(C)C1CNC1. The molecule has 0 aromatic carbocycles. The lowest BCUT2D eigenvalue weighted by atomic mass is 9.72. The minimum absolute atomic E-state index is 0.585. The lowest BCUT2D eigenvalue weighted by molar-refractivity contribution is 0.130. The van der Waals surface area contributed by atoms with E-state index in [4.69, 9.17) is 0 Å². The van der Waals surface area contributed by atoms with E-state index >= 15 is 0 Å². The van der Waals surface area contributed by atoms with Gasteiger partial charge in [-0.3, -0.25) is 0 Å². The molecule has 0 radical (unpaired) electrons. The Kier molecular flexibility index (Phi) is 2.94. The van der Waals surface area contributed by atoms with Crippen LogP contribution in [0.25, 0.3) is 0 Å². The monoisotopic (exact) mass is 155 g/mol. The topological polar surface area (TPSA) is 12.0 Å². The Morgan fingerprint density at radius 3 is 2.36 bits per heavy atom. The van der Waals surface area contributed by atoms with Crippen LogP contribution in [0.3, 0.4) is 0 Å². The van der Waals surface area contributed by atoms with Gasteiger partial charge in [-0.05, 0) is 30.8 Å². The van der Waals surface area contributed by atoms with Crippen molar-refractivity contribution < 1.29 is 0 Å². The molecular formula is C10H21N. The van der Waals surface area contributed by atoms with E-state index in [1.54, 1.807) is 0 Å². The maximum atomic E-state index is 3.34. The number of rotatable bonds is 4. The summed E-state index contributed by atoms with van der Waals surface area (Å²) in [5.74, 6) is 0.939. The first kappa shape index (κ1) is 9.05. The molecule has 1 aliphatic heterocycles. The van der Waals surface area contributed by atoms with E-state index in [-0.39, 0.29) is 0 Å². The first-order valence-corrected chi connectivity index (χ1v) is 4.87. The van der Waals surface area contributed by atoms with Crippen LogP contribution in [0.5, 0.6) is 0 Å². The van der Waals surface area contributed by atoms with Crippen molar-refractivity contribution in [2.75, 3.05) is 13.1 Å². The van der Waals surface area contributed by atoms with Gasteiger partial charge in [-0.25, -0.2) is 0 Å². The molecule has 0 bridgehead atoms. The van der Waals surface area contributed by atoms with Crippen molar-refractivity contribution in [3.05, 3.63) is 0 Å². The van der Waals surface area contributed by atoms with Gasteiger partial charge in [0, 0.05) is 0 Å². The van der Waals surface area contributed by atoms with Crippen LogP contribution in [0, 0.1) is 11.3 Å². The summed E-state index contributed by atoms with van der Waals surface area (Å²) in [6.45, 7) is 9.59. The van der Waals surface area contributed by atoms with E-state index in [2.05, 4.69) is 26.1 Å². The predicted molar refractivity (Wildman–Crippen MR) is 49.7 cm³/mol. The van der Waals surface area contributed by atoms with E-state index in [9.17, 15) is 0 Å². The average molecular weight is 155 g/mol. The van der Waals surface area contributed by atoms with Crippen molar-refractivity contribution in [3.63, 3.8) is 0 Å². The second-order valence-electron chi connectivity index (χ2n) is 4.45. The molecule has 1 fully saturated rings. The van der Waals surface area contributed by atoms with Gasteiger partial charge in [0.25, 0.3) is 0 Å². The summed E-state index contributed by atoms with van der Waals surface area (Å²) in [5, 5.41) is 3.34. The third-order valence-electron chi connectivity index (χ3n) is 3.06. The summed E-state index contributed by atoms with van der Waals surface area (Å²) in [5.41, 5.74) is 0.585. The molecule has 1 heteroatoms. The predicted octanol–water partition coefficient (Wildman–Crippen LogP) is 2.42. The Morgan fingerprint density at radius 2 is 2.00 bits per heavy atom. The van der Waals surface area contributed by atoms with Gasteiger partial charge < -0.3 is 5.32 Å². The summed E-state index contributed by atoms with van der Waals surface area (Å²) in [6.07, 6.45) is 4.13. The van der Waals surface area contributed by atoms with E-state index in [1.807, 2.05) is 0 Å². The van der Waals surface area contributed by atoms with Crippen LogP contribution in [0.4, 0.5) is 0 Å². The van der Waals surface area contributed by atoms with Gasteiger partial charge in [0.1, 0.15) is 0 Å². The molecular weight excluding hydrogens is 134 g/mol. The molecule has 1 saturated heterocycles. The zero-order chi connectivity index (χ0) is 8.32. The highest BCUT2D eigenvalue weighted by atomic mass is 15.0. The first-order valence-electron chi connectivity index (χ1n) is 4.87. The zero-order valence-electron chi connectivity index (χ0n) is 8.11. The normalized spacial score (nSPS) is 19.9. The van der Waals surface area contributed by atoms with Crippen LogP contribution < -0.4 is 5.32 Å². The summed E-state index contributed by atoms with van der Waals surface area (Å²) < 4.78 is 0. The Labute approximate surface area is 70.6 Å². The van der Waals surface area contributed by atoms with Crippen molar-refractivity contribution >= 4 is 0 Å². The molecule has 0 amide bonds. The minimum Gasteiger partial charge on any atom is -0.316 e. The highest BCUT2D eigenvalue weighted by Crippen LogP contribution is 2.34. The lowest BCUT2D eigenvalue weighted by Crippen LogP contribution is -2.49. The van der Waals surface area contributed by atoms with Gasteiger partial charge in [-0.2, -0.15) is 0 Å². The fourth-order valence-electron chi connectivity index (χ4n) is 1.68. The Bertz CT molecular complexity index is 114. The minimum atomic E-state index is 0.585. The van der Waals surface area contributed by atoms with Gasteiger partial charge in [-0.1, -0.05) is 33.6 Å². The molecule has 66 valence electrons. The molecule has 1 nitrogen and oxygen atoms in total. The van der Waals surface area contributed by atoms with Crippen LogP contribution in [0.1, 0.15) is 40.0 Å². The number of hydrogen-bond acceptors (Lipinski definition) is 1. The molecule has 0 spiro atoms. The fraction of sp³-hybridized carbons (Fsp3) is 1.00. The van der Waals surface area contributed by atoms with Gasteiger partial charge in [0.15, 0.2) is 0 Å². The quantitative estimate of drug-likeness (QED) is 0.657. The Hall–Kier alpha value is -0.0400. The van der Waals surface area contributed by atoms with Crippen molar-refractivity contribution in [1.82, 2.24) is 5.32 Å². The van der Waals surface area contributed by atoms with E-state index in [1.165, 1.54) is 32.4 Å². The maximum Gasteiger partial charge on any atom is -0.000313 e. The highest BCUT2D eigenvalue weighted by Gasteiger charge is 2.32. The molecule has 1 aliphatic rings. The van der Waals surface area contributed by atoms with Gasteiger partial charge in [0.2, 0.25) is 0 Å². The van der Waals surface area contributed by atoms with Crippen molar-refractivity contribution in [2.45, 2.75) is 40.0 Å². The molecule has 0 saturated carbocycles. The third-order valence-corrected chi connectivity index (χ3v) is 3.06. The van der Waals surface area contributed by atoms with Crippen LogP contribution in [0.15, 0.2) is 0 Å². The molecule has 1 rings (SSSR count). The molecule has 0 aromatic heterocycles. The van der Waals surface area contributed by atoms with E-state index < -0.39 is 0 Å². The molecule has 1 heterocycles. The van der Waals surface area contributed by atoms with E-state index in [0.29, 0.717) is 5.41 Å². The van der Waals surface area contributed by atoms with Crippen LogP contribution in [-0.4, -0.2) is 13.1 Å². The second-order valence-corrected chi connectivity index (χ2v) is 4.45. The maximum absolute atomic E-state index is 3.34. The highest BCUT2D eigenvalue weighted by molar-refractivity contribution is 4.87. The molecule has 11 heavy (non-hydrogen) atoms. The molecule has 0 unspecified atom stereocenters. The van der Waals surface area contributed by atoms with Crippen molar-refractivity contribution in [3.8, 4) is 0 Å². The summed E-state index contributed by atoms with van der Waals surface area (Å²) >= 11 is 0. The number of unbranched alkanes of at least 4 members (excludes halogenated alkanes) is 1. The zero-order valence-corrected chi connectivity index (χ0v) is 8.11. The van der Waals surface area contributed by atoms with Crippen molar-refractivity contribution in [1.29, 1.82) is 0 Å². The Morgan fingerprint density at radius 1 is 1.36 bits per heavy atom. The molecule has 1 N–H and O–H groups in total. The van der Waals surface area contributed by atoms with Gasteiger partial charge >= 0.3 is 0 Å². The lowest BCUT2D eigenvalue weighted by Gasteiger charge is -2.41. The van der Waals surface area contributed by atoms with Crippen LogP contribution in [0.2, 0.25) is 0 Å². The fourth-order valence-corrected chi connectivity index (χ4v) is 1.68. The average Bonchev–Trinajstić information content (AvgIpc) is 1.78. The number of hydrogen-bond donors (Lipinski definition) is 1. The number of nitrogens with one attached hydrogen (secondary N) is 1. The largest absolute Gasteiger partial charge is 0.316 e. The molecule has 0 aromatic rings. The second kappa shape index (κ2) is 3.57. The standard InChI is InChI=1S/C10H21N/c1-4-5-6-10(2,3)9-7-11-8-9/h9,11H,4-8H2,1-3H3. The van der Waals surface area contributed by atoms with Gasteiger partial charge in [-0.15, -0.1) is 0 Å². The summed E-state index contributed by atoms with van der Waals surface area (Å²) in [6, 6.07) is 0. The smallest absolute Gasteiger partial charge is 0.000313 e. The third kappa shape index (κ3) is 2.19. The Balaban J connectivity index is 2.25.